The number of benzene rings is 1. The molecule has 7 heteroatoms. The minimum atomic E-state index is -0.450. The lowest BCUT2D eigenvalue weighted by molar-refractivity contribution is -0.152. The number of ether oxygens (including phenoxy) is 1. The molecule has 0 unspecified atom stereocenters. The molecule has 3 rings (SSSR count). The van der Waals surface area contributed by atoms with Gasteiger partial charge in [-0.2, -0.15) is 0 Å². The van der Waals surface area contributed by atoms with Crippen LogP contribution < -0.4 is 5.73 Å². The summed E-state index contributed by atoms with van der Waals surface area (Å²) >= 11 is 5.88. The molecule has 0 spiro atoms. The van der Waals surface area contributed by atoms with Gasteiger partial charge in [0.1, 0.15) is 6.10 Å². The molecule has 2 aliphatic rings. The van der Waals surface area contributed by atoms with E-state index < -0.39 is 6.10 Å². The molecule has 2 saturated heterocycles. The van der Waals surface area contributed by atoms with E-state index >= 15 is 0 Å². The normalized spacial score (nSPS) is 24.5. The highest BCUT2D eigenvalue weighted by Crippen LogP contribution is 2.22. The maximum absolute atomic E-state index is 12.5. The minimum absolute atomic E-state index is 0.0409. The van der Waals surface area contributed by atoms with E-state index in [2.05, 4.69) is 0 Å². The van der Waals surface area contributed by atoms with E-state index in [0.717, 1.165) is 12.0 Å². The summed E-state index contributed by atoms with van der Waals surface area (Å²) in [6, 6.07) is 7.44. The van der Waals surface area contributed by atoms with E-state index in [0.29, 0.717) is 37.6 Å². The summed E-state index contributed by atoms with van der Waals surface area (Å²) in [5.41, 5.74) is 6.60. The molecule has 2 heterocycles. The quantitative estimate of drug-likeness (QED) is 0.878. The van der Waals surface area contributed by atoms with Gasteiger partial charge in [0.25, 0.3) is 5.91 Å². The van der Waals surface area contributed by atoms with Gasteiger partial charge in [0.05, 0.1) is 12.6 Å². The maximum Gasteiger partial charge on any atom is 0.252 e. The van der Waals surface area contributed by atoms with Gasteiger partial charge >= 0.3 is 0 Å². The molecule has 6 nitrogen and oxygen atoms in total. The van der Waals surface area contributed by atoms with Crippen molar-refractivity contribution in [2.45, 2.75) is 31.6 Å². The number of nitrogens with zero attached hydrogens (tertiary/aromatic N) is 2. The second-order valence-electron chi connectivity index (χ2n) is 6.26. The van der Waals surface area contributed by atoms with Crippen LogP contribution in [0.2, 0.25) is 5.02 Å². The molecule has 1 aromatic rings. The summed E-state index contributed by atoms with van der Waals surface area (Å²) < 4.78 is 5.64. The predicted octanol–water partition coefficient (Wildman–Crippen LogP) is 1.02. The van der Waals surface area contributed by atoms with Gasteiger partial charge in [0, 0.05) is 31.2 Å². The number of hydrogen-bond acceptors (Lipinski definition) is 4. The average Bonchev–Trinajstić information content (AvgIpc) is 3.07. The fraction of sp³-hybridized carbons (Fsp3) is 0.529. The number of carbonyl (C=O) groups is 2. The van der Waals surface area contributed by atoms with Crippen LogP contribution in [0.15, 0.2) is 24.3 Å². The van der Waals surface area contributed by atoms with E-state index in [9.17, 15) is 9.59 Å². The standard InChI is InChI=1S/C17H22ClN3O3/c18-13-3-1-12(2-4-13)10-20-7-8-21(11-16(20)22)17(23)15-6-5-14(9-19)24-15/h1-4,14-15H,5-11,19H2/t14-,15+/m1/s1. The molecule has 0 aromatic heterocycles. The van der Waals surface area contributed by atoms with Crippen LogP contribution in [0.25, 0.3) is 0 Å². The van der Waals surface area contributed by atoms with Crippen LogP contribution >= 0.6 is 11.6 Å². The summed E-state index contributed by atoms with van der Waals surface area (Å²) in [6.07, 6.45) is 0.993. The third-order valence-corrected chi connectivity index (χ3v) is 4.81. The SMILES string of the molecule is NC[C@H]1CC[C@@H](C(=O)N2CCN(Cc3ccc(Cl)cc3)C(=O)C2)O1. The number of carbonyl (C=O) groups excluding carboxylic acids is 2. The van der Waals surface area contributed by atoms with Gasteiger partial charge in [-0.25, -0.2) is 0 Å². The lowest BCUT2D eigenvalue weighted by Crippen LogP contribution is -2.54. The first kappa shape index (κ1) is 17.2. The molecule has 2 aliphatic heterocycles. The third-order valence-electron chi connectivity index (χ3n) is 4.56. The van der Waals surface area contributed by atoms with Crippen molar-refractivity contribution in [3.63, 3.8) is 0 Å². The van der Waals surface area contributed by atoms with Crippen molar-refractivity contribution < 1.29 is 14.3 Å². The van der Waals surface area contributed by atoms with Gasteiger partial charge in [-0.15, -0.1) is 0 Å². The van der Waals surface area contributed by atoms with Crippen LogP contribution in [-0.4, -0.2) is 60.0 Å². The number of nitrogens with two attached hydrogens (primary N) is 1. The van der Waals surface area contributed by atoms with E-state index in [-0.39, 0.29) is 24.5 Å². The van der Waals surface area contributed by atoms with Crippen molar-refractivity contribution in [1.82, 2.24) is 9.80 Å². The van der Waals surface area contributed by atoms with Crippen LogP contribution in [0.1, 0.15) is 18.4 Å². The van der Waals surface area contributed by atoms with E-state index in [1.54, 1.807) is 9.80 Å². The van der Waals surface area contributed by atoms with Crippen LogP contribution in [0.4, 0.5) is 0 Å². The molecule has 130 valence electrons. The molecule has 2 atom stereocenters. The molecule has 0 saturated carbocycles. The van der Waals surface area contributed by atoms with Gasteiger partial charge in [-0.05, 0) is 30.5 Å². The average molecular weight is 352 g/mol. The first-order valence-corrected chi connectivity index (χ1v) is 8.61. The van der Waals surface area contributed by atoms with Gasteiger partial charge in [0.15, 0.2) is 0 Å². The minimum Gasteiger partial charge on any atom is -0.364 e. The number of rotatable bonds is 4. The molecule has 0 bridgehead atoms. The summed E-state index contributed by atoms with van der Waals surface area (Å²) in [4.78, 5) is 28.2. The summed E-state index contributed by atoms with van der Waals surface area (Å²) in [7, 11) is 0. The fourth-order valence-electron chi connectivity index (χ4n) is 3.14. The Kier molecular flexibility index (Phi) is 5.38. The zero-order chi connectivity index (χ0) is 17.1. The van der Waals surface area contributed by atoms with Crippen LogP contribution in [0.3, 0.4) is 0 Å². The zero-order valence-electron chi connectivity index (χ0n) is 13.5. The summed E-state index contributed by atoms with van der Waals surface area (Å²) in [6.45, 7) is 2.13. The topological polar surface area (TPSA) is 75.9 Å². The van der Waals surface area contributed by atoms with E-state index in [1.165, 1.54) is 0 Å². The Morgan fingerprint density at radius 3 is 2.62 bits per heavy atom. The van der Waals surface area contributed by atoms with Crippen molar-refractivity contribution in [2.75, 3.05) is 26.2 Å². The Morgan fingerprint density at radius 1 is 1.25 bits per heavy atom. The number of hydrogen-bond donors (Lipinski definition) is 1. The number of halogens is 1. The predicted molar refractivity (Wildman–Crippen MR) is 90.4 cm³/mol. The first-order chi connectivity index (χ1) is 11.6. The second kappa shape index (κ2) is 7.51. The Hall–Kier alpha value is -1.63. The van der Waals surface area contributed by atoms with Crippen molar-refractivity contribution in [2.24, 2.45) is 5.73 Å². The molecule has 2 fully saturated rings. The highest BCUT2D eigenvalue weighted by atomic mass is 35.5. The Bertz CT molecular complexity index is 608. The molecular weight excluding hydrogens is 330 g/mol. The van der Waals surface area contributed by atoms with Gasteiger partial charge in [-0.3, -0.25) is 9.59 Å². The molecule has 0 radical (unpaired) electrons. The maximum atomic E-state index is 12.5. The van der Waals surface area contributed by atoms with E-state index in [4.69, 9.17) is 22.1 Å². The first-order valence-electron chi connectivity index (χ1n) is 8.23. The van der Waals surface area contributed by atoms with Crippen molar-refractivity contribution in [1.29, 1.82) is 0 Å². The van der Waals surface area contributed by atoms with Gasteiger partial charge in [0.2, 0.25) is 5.91 Å². The monoisotopic (exact) mass is 351 g/mol. The Morgan fingerprint density at radius 2 is 2.00 bits per heavy atom. The molecule has 1 aromatic carbocycles. The zero-order valence-corrected chi connectivity index (χ0v) is 14.2. The van der Waals surface area contributed by atoms with Crippen molar-refractivity contribution >= 4 is 23.4 Å². The largest absolute Gasteiger partial charge is 0.364 e. The lowest BCUT2D eigenvalue weighted by atomic mass is 10.1. The fourth-order valence-corrected chi connectivity index (χ4v) is 3.26. The smallest absolute Gasteiger partial charge is 0.252 e. The Labute approximate surface area is 146 Å². The number of piperazine rings is 1. The van der Waals surface area contributed by atoms with Crippen molar-refractivity contribution in [3.05, 3.63) is 34.9 Å². The lowest BCUT2D eigenvalue weighted by Gasteiger charge is -2.35. The van der Waals surface area contributed by atoms with Crippen LogP contribution in [-0.2, 0) is 20.9 Å². The molecule has 2 amide bonds. The Balaban J connectivity index is 1.54. The molecule has 2 N–H and O–H groups in total. The van der Waals surface area contributed by atoms with Gasteiger partial charge in [-0.1, -0.05) is 23.7 Å². The second-order valence-corrected chi connectivity index (χ2v) is 6.70. The van der Waals surface area contributed by atoms with E-state index in [1.807, 2.05) is 24.3 Å². The van der Waals surface area contributed by atoms with Crippen LogP contribution in [0, 0.1) is 0 Å². The summed E-state index contributed by atoms with van der Waals surface area (Å²) in [5, 5.41) is 0.674. The summed E-state index contributed by atoms with van der Waals surface area (Å²) in [5.74, 6) is -0.136. The third kappa shape index (κ3) is 3.88. The highest BCUT2D eigenvalue weighted by molar-refractivity contribution is 6.30. The molecule has 0 aliphatic carbocycles. The molecule has 24 heavy (non-hydrogen) atoms. The van der Waals surface area contributed by atoms with Crippen molar-refractivity contribution in [3.8, 4) is 0 Å². The highest BCUT2D eigenvalue weighted by Gasteiger charge is 2.35. The molecular formula is C17H22ClN3O3. The van der Waals surface area contributed by atoms with Gasteiger partial charge < -0.3 is 20.3 Å². The van der Waals surface area contributed by atoms with Crippen LogP contribution in [0.5, 0.6) is 0 Å². The number of amides is 2.